The van der Waals surface area contributed by atoms with Crippen molar-refractivity contribution in [3.63, 3.8) is 0 Å². The Hall–Kier alpha value is -1.26. The molecule has 0 radical (unpaired) electrons. The average Bonchev–Trinajstić information content (AvgIpc) is 2.43. The SMILES string of the molecule is O=C1COc2ccc(Cl)cc2N1CC1CCNCC1. The van der Waals surface area contributed by atoms with Gasteiger partial charge in [-0.05, 0) is 50.0 Å². The second-order valence-electron chi connectivity index (χ2n) is 5.10. The highest BCUT2D eigenvalue weighted by Crippen LogP contribution is 2.35. The van der Waals surface area contributed by atoms with Crippen molar-refractivity contribution in [3.05, 3.63) is 23.2 Å². The molecule has 1 N–H and O–H groups in total. The van der Waals surface area contributed by atoms with Crippen LogP contribution in [0.2, 0.25) is 5.02 Å². The van der Waals surface area contributed by atoms with Gasteiger partial charge in [0.05, 0.1) is 5.69 Å². The quantitative estimate of drug-likeness (QED) is 0.902. The van der Waals surface area contributed by atoms with Crippen LogP contribution in [0.4, 0.5) is 5.69 Å². The lowest BCUT2D eigenvalue weighted by atomic mass is 9.97. The van der Waals surface area contributed by atoms with Gasteiger partial charge in [0.1, 0.15) is 5.75 Å². The minimum atomic E-state index is 0.0216. The molecule has 2 aliphatic rings. The molecule has 1 saturated heterocycles. The maximum Gasteiger partial charge on any atom is 0.265 e. The predicted octanol–water partition coefficient (Wildman–Crippen LogP) is 2.06. The zero-order valence-corrected chi connectivity index (χ0v) is 11.4. The molecule has 4 nitrogen and oxygen atoms in total. The molecule has 5 heteroatoms. The first-order chi connectivity index (χ1) is 9.24. The number of anilines is 1. The van der Waals surface area contributed by atoms with Crippen LogP contribution in [-0.2, 0) is 4.79 Å². The van der Waals surface area contributed by atoms with Gasteiger partial charge < -0.3 is 15.0 Å². The van der Waals surface area contributed by atoms with Gasteiger partial charge in [-0.3, -0.25) is 4.79 Å². The normalized spacial score (nSPS) is 20.1. The molecule has 0 bridgehead atoms. The lowest BCUT2D eigenvalue weighted by Crippen LogP contribution is -2.43. The van der Waals surface area contributed by atoms with E-state index in [2.05, 4.69) is 5.32 Å². The summed E-state index contributed by atoms with van der Waals surface area (Å²) in [5.74, 6) is 1.32. The van der Waals surface area contributed by atoms with E-state index < -0.39 is 0 Å². The Balaban J connectivity index is 1.83. The van der Waals surface area contributed by atoms with E-state index >= 15 is 0 Å². The number of amides is 1. The van der Waals surface area contributed by atoms with Crippen molar-refractivity contribution in [2.75, 3.05) is 31.1 Å². The number of piperidine rings is 1. The van der Waals surface area contributed by atoms with Gasteiger partial charge in [0.15, 0.2) is 6.61 Å². The monoisotopic (exact) mass is 280 g/mol. The van der Waals surface area contributed by atoms with Crippen LogP contribution in [-0.4, -0.2) is 32.1 Å². The number of carbonyl (C=O) groups is 1. The van der Waals surface area contributed by atoms with Crippen LogP contribution in [0.3, 0.4) is 0 Å². The molecule has 1 fully saturated rings. The van der Waals surface area contributed by atoms with Gasteiger partial charge in [-0.2, -0.15) is 0 Å². The highest BCUT2D eigenvalue weighted by molar-refractivity contribution is 6.31. The molecule has 2 aliphatic heterocycles. The van der Waals surface area contributed by atoms with Crippen molar-refractivity contribution in [1.82, 2.24) is 5.32 Å². The minimum Gasteiger partial charge on any atom is -0.482 e. The van der Waals surface area contributed by atoms with Crippen LogP contribution < -0.4 is 15.0 Å². The number of hydrogen-bond acceptors (Lipinski definition) is 3. The van der Waals surface area contributed by atoms with Crippen LogP contribution in [0.5, 0.6) is 5.75 Å². The van der Waals surface area contributed by atoms with Crippen LogP contribution in [0.25, 0.3) is 0 Å². The third-order valence-corrected chi connectivity index (χ3v) is 4.00. The molecule has 0 unspecified atom stereocenters. The summed E-state index contributed by atoms with van der Waals surface area (Å²) in [5, 5.41) is 3.97. The summed E-state index contributed by atoms with van der Waals surface area (Å²) >= 11 is 6.03. The lowest BCUT2D eigenvalue weighted by Gasteiger charge is -2.33. The first kappa shape index (κ1) is 12.8. The fraction of sp³-hybridized carbons (Fsp3) is 0.500. The Morgan fingerprint density at radius 1 is 1.37 bits per heavy atom. The molecule has 3 rings (SSSR count). The minimum absolute atomic E-state index is 0.0216. The molecule has 0 saturated carbocycles. The van der Waals surface area contributed by atoms with Gasteiger partial charge in [-0.1, -0.05) is 11.6 Å². The summed E-state index contributed by atoms with van der Waals surface area (Å²) in [6.45, 7) is 2.95. The lowest BCUT2D eigenvalue weighted by molar-refractivity contribution is -0.121. The average molecular weight is 281 g/mol. The van der Waals surface area contributed by atoms with Gasteiger partial charge >= 0.3 is 0 Å². The molecule has 0 aliphatic carbocycles. The maximum atomic E-state index is 12.1. The number of rotatable bonds is 2. The third kappa shape index (κ3) is 2.69. The smallest absolute Gasteiger partial charge is 0.265 e. The topological polar surface area (TPSA) is 41.6 Å². The molecule has 1 amide bonds. The van der Waals surface area contributed by atoms with E-state index in [0.717, 1.165) is 43.9 Å². The maximum absolute atomic E-state index is 12.1. The second kappa shape index (κ2) is 5.39. The van der Waals surface area contributed by atoms with Gasteiger partial charge in [0, 0.05) is 11.6 Å². The number of halogens is 1. The third-order valence-electron chi connectivity index (χ3n) is 3.76. The number of carbonyl (C=O) groups excluding carboxylic acids is 1. The standard InChI is InChI=1S/C14H17ClN2O2/c15-11-1-2-13-12(7-11)17(14(18)9-19-13)8-10-3-5-16-6-4-10/h1-2,7,10,16H,3-6,8-9H2. The molecule has 0 spiro atoms. The van der Waals surface area contributed by atoms with Crippen molar-refractivity contribution in [2.24, 2.45) is 5.92 Å². The number of hydrogen-bond donors (Lipinski definition) is 1. The van der Waals surface area contributed by atoms with E-state index in [1.807, 2.05) is 17.0 Å². The molecule has 0 aromatic heterocycles. The van der Waals surface area contributed by atoms with E-state index in [9.17, 15) is 4.79 Å². The van der Waals surface area contributed by atoms with Crippen LogP contribution in [0.1, 0.15) is 12.8 Å². The van der Waals surface area contributed by atoms with Crippen molar-refractivity contribution >= 4 is 23.2 Å². The molecular weight excluding hydrogens is 264 g/mol. The van der Waals surface area contributed by atoms with Crippen molar-refractivity contribution in [2.45, 2.75) is 12.8 Å². The van der Waals surface area contributed by atoms with E-state index in [1.165, 1.54) is 0 Å². The first-order valence-corrected chi connectivity index (χ1v) is 7.05. The van der Waals surface area contributed by atoms with Gasteiger partial charge in [0.2, 0.25) is 0 Å². The number of nitrogens with one attached hydrogen (secondary N) is 1. The Labute approximate surface area is 117 Å². The van der Waals surface area contributed by atoms with Crippen molar-refractivity contribution < 1.29 is 9.53 Å². The molecular formula is C14H17ClN2O2. The van der Waals surface area contributed by atoms with E-state index in [4.69, 9.17) is 16.3 Å². The Morgan fingerprint density at radius 3 is 2.95 bits per heavy atom. The Morgan fingerprint density at radius 2 is 2.16 bits per heavy atom. The largest absolute Gasteiger partial charge is 0.482 e. The summed E-state index contributed by atoms with van der Waals surface area (Å²) in [6.07, 6.45) is 2.22. The molecule has 19 heavy (non-hydrogen) atoms. The number of nitrogens with zero attached hydrogens (tertiary/aromatic N) is 1. The highest BCUT2D eigenvalue weighted by Gasteiger charge is 2.28. The van der Waals surface area contributed by atoms with E-state index in [0.29, 0.717) is 10.9 Å². The second-order valence-corrected chi connectivity index (χ2v) is 5.53. The molecule has 102 valence electrons. The van der Waals surface area contributed by atoms with Crippen molar-refractivity contribution in [3.8, 4) is 5.75 Å². The number of ether oxygens (including phenoxy) is 1. The summed E-state index contributed by atoms with van der Waals surface area (Å²) in [5.41, 5.74) is 0.808. The zero-order chi connectivity index (χ0) is 13.2. The first-order valence-electron chi connectivity index (χ1n) is 6.67. The molecule has 0 atom stereocenters. The van der Waals surface area contributed by atoms with Crippen LogP contribution in [0, 0.1) is 5.92 Å². The Kier molecular flexibility index (Phi) is 3.62. The van der Waals surface area contributed by atoms with Gasteiger partial charge in [-0.25, -0.2) is 0 Å². The number of benzene rings is 1. The Bertz CT molecular complexity index is 486. The molecule has 1 aromatic carbocycles. The summed E-state index contributed by atoms with van der Waals surface area (Å²) < 4.78 is 5.45. The molecule has 2 heterocycles. The van der Waals surface area contributed by atoms with Crippen molar-refractivity contribution in [1.29, 1.82) is 0 Å². The summed E-state index contributed by atoms with van der Waals surface area (Å²) in [4.78, 5) is 13.9. The summed E-state index contributed by atoms with van der Waals surface area (Å²) in [7, 11) is 0. The van der Waals surface area contributed by atoms with E-state index in [-0.39, 0.29) is 12.5 Å². The fourth-order valence-electron chi connectivity index (χ4n) is 2.70. The van der Waals surface area contributed by atoms with Crippen LogP contribution >= 0.6 is 11.6 Å². The van der Waals surface area contributed by atoms with Crippen LogP contribution in [0.15, 0.2) is 18.2 Å². The van der Waals surface area contributed by atoms with E-state index in [1.54, 1.807) is 6.07 Å². The highest BCUT2D eigenvalue weighted by atomic mass is 35.5. The summed E-state index contributed by atoms with van der Waals surface area (Å²) in [6, 6.07) is 5.44. The van der Waals surface area contributed by atoms with Gasteiger partial charge in [0.25, 0.3) is 5.91 Å². The van der Waals surface area contributed by atoms with Gasteiger partial charge in [-0.15, -0.1) is 0 Å². The zero-order valence-electron chi connectivity index (χ0n) is 10.7. The fourth-order valence-corrected chi connectivity index (χ4v) is 2.86. The predicted molar refractivity (Wildman–Crippen MR) is 74.9 cm³/mol. The molecule has 1 aromatic rings. The number of fused-ring (bicyclic) bond motifs is 1.